The maximum Gasteiger partial charge on any atom is 0.272 e. The number of amides is 1. The molecule has 30 heavy (non-hydrogen) atoms. The Labute approximate surface area is 173 Å². The number of imidazole rings is 1. The molecule has 9 nitrogen and oxygen atoms in total. The third-order valence-electron chi connectivity index (χ3n) is 4.70. The lowest BCUT2D eigenvalue weighted by molar-refractivity contribution is 0.0948. The van der Waals surface area contributed by atoms with Crippen LogP contribution in [0.5, 0.6) is 5.75 Å². The van der Waals surface area contributed by atoms with Gasteiger partial charge in [0.05, 0.1) is 30.7 Å². The Morgan fingerprint density at radius 1 is 1.17 bits per heavy atom. The number of likely N-dealkylation sites (N-methyl/N-ethyl adjacent to an activating group) is 1. The Morgan fingerprint density at radius 3 is 2.70 bits per heavy atom. The molecule has 3 aromatic heterocycles. The zero-order chi connectivity index (χ0) is 21.1. The number of carbonyl (C=O) groups excluding carboxylic acids is 1. The molecule has 0 radical (unpaired) electrons. The highest BCUT2D eigenvalue weighted by atomic mass is 16.5. The van der Waals surface area contributed by atoms with Crippen LogP contribution in [0.1, 0.15) is 10.5 Å². The van der Waals surface area contributed by atoms with Crippen LogP contribution in [0.4, 0.5) is 0 Å². The van der Waals surface area contributed by atoms with Crippen LogP contribution in [0, 0.1) is 0 Å². The van der Waals surface area contributed by atoms with Gasteiger partial charge in [-0.25, -0.2) is 9.67 Å². The number of benzene rings is 1. The second-order valence-corrected chi connectivity index (χ2v) is 7.00. The smallest absolute Gasteiger partial charge is 0.272 e. The zero-order valence-corrected chi connectivity index (χ0v) is 17.1. The number of nitrogens with one attached hydrogen (secondary N) is 1. The summed E-state index contributed by atoms with van der Waals surface area (Å²) in [6.45, 7) is 1.27. The van der Waals surface area contributed by atoms with Gasteiger partial charge in [0.1, 0.15) is 11.4 Å². The van der Waals surface area contributed by atoms with Gasteiger partial charge in [-0.05, 0) is 44.4 Å². The third kappa shape index (κ3) is 3.74. The first kappa shape index (κ1) is 19.6. The Hall–Kier alpha value is -3.72. The van der Waals surface area contributed by atoms with Crippen molar-refractivity contribution in [1.82, 2.24) is 34.4 Å². The molecule has 4 rings (SSSR count). The predicted octanol–water partition coefficient (Wildman–Crippen LogP) is 1.88. The van der Waals surface area contributed by atoms with Crippen LogP contribution in [0.3, 0.4) is 0 Å². The number of aromatic nitrogens is 5. The van der Waals surface area contributed by atoms with Gasteiger partial charge in [0.2, 0.25) is 0 Å². The summed E-state index contributed by atoms with van der Waals surface area (Å²) in [6, 6.07) is 9.45. The molecule has 154 valence electrons. The van der Waals surface area contributed by atoms with Crippen molar-refractivity contribution in [3.8, 4) is 23.0 Å². The minimum absolute atomic E-state index is 0.232. The predicted molar refractivity (Wildman–Crippen MR) is 113 cm³/mol. The van der Waals surface area contributed by atoms with Gasteiger partial charge >= 0.3 is 0 Å². The molecule has 1 amide bonds. The average Bonchev–Trinajstić information content (AvgIpc) is 3.38. The molecule has 0 fully saturated rings. The van der Waals surface area contributed by atoms with Gasteiger partial charge in [-0.15, -0.1) is 0 Å². The lowest BCUT2D eigenvalue weighted by Crippen LogP contribution is -2.31. The van der Waals surface area contributed by atoms with E-state index in [0.29, 0.717) is 23.6 Å². The Bertz CT molecular complexity index is 1160. The summed E-state index contributed by atoms with van der Waals surface area (Å²) in [5.41, 5.74) is 2.59. The van der Waals surface area contributed by atoms with Crippen molar-refractivity contribution >= 4 is 11.4 Å². The highest BCUT2D eigenvalue weighted by Gasteiger charge is 2.21. The van der Waals surface area contributed by atoms with Crippen molar-refractivity contribution in [2.75, 3.05) is 34.3 Å². The fourth-order valence-electron chi connectivity index (χ4n) is 3.16. The van der Waals surface area contributed by atoms with Gasteiger partial charge in [0.25, 0.3) is 5.91 Å². The number of nitrogens with zero attached hydrogens (tertiary/aromatic N) is 6. The van der Waals surface area contributed by atoms with E-state index in [1.165, 1.54) is 0 Å². The van der Waals surface area contributed by atoms with Crippen molar-refractivity contribution < 1.29 is 9.53 Å². The number of ether oxygens (including phenoxy) is 1. The molecule has 0 saturated carbocycles. The summed E-state index contributed by atoms with van der Waals surface area (Å²) < 4.78 is 8.87. The molecule has 0 spiro atoms. The highest BCUT2D eigenvalue weighted by molar-refractivity contribution is 5.99. The maximum absolute atomic E-state index is 12.8. The van der Waals surface area contributed by atoms with E-state index in [9.17, 15) is 4.79 Å². The summed E-state index contributed by atoms with van der Waals surface area (Å²) in [6.07, 6.45) is 6.81. The van der Waals surface area contributed by atoms with Crippen molar-refractivity contribution in [1.29, 1.82) is 0 Å². The largest absolute Gasteiger partial charge is 0.497 e. The molecule has 0 unspecified atom stereocenters. The monoisotopic (exact) mass is 405 g/mol. The second kappa shape index (κ2) is 8.34. The van der Waals surface area contributed by atoms with E-state index in [0.717, 1.165) is 23.7 Å². The summed E-state index contributed by atoms with van der Waals surface area (Å²) in [5.74, 6) is 1.14. The maximum atomic E-state index is 12.8. The van der Waals surface area contributed by atoms with Crippen LogP contribution in [0.2, 0.25) is 0 Å². The van der Waals surface area contributed by atoms with Crippen LogP contribution in [-0.2, 0) is 0 Å². The summed E-state index contributed by atoms with van der Waals surface area (Å²) >= 11 is 0. The molecular formula is C21H23N7O2. The van der Waals surface area contributed by atoms with Gasteiger partial charge in [-0.2, -0.15) is 5.10 Å². The summed E-state index contributed by atoms with van der Waals surface area (Å²) in [5, 5.41) is 7.37. The zero-order valence-electron chi connectivity index (χ0n) is 17.1. The topological polar surface area (TPSA) is 89.6 Å². The summed E-state index contributed by atoms with van der Waals surface area (Å²) in [7, 11) is 5.55. The quantitative estimate of drug-likeness (QED) is 0.505. The standard InChI is InChI=1S/C21H23N7O2/c1-26(2)12-11-23-21(29)19-18-14-22-10-13-27(18)20(25-19)17-8-9-24-28(17)15-4-6-16(30-3)7-5-15/h4-10,13-14H,11-12H2,1-3H3,(H,23,29). The number of rotatable bonds is 7. The Morgan fingerprint density at radius 2 is 1.97 bits per heavy atom. The SMILES string of the molecule is COc1ccc(-n2nccc2-c2nc(C(=O)NCCN(C)C)c3cnccn23)cc1. The van der Waals surface area contributed by atoms with Gasteiger partial charge in [0.15, 0.2) is 11.5 Å². The first-order valence-corrected chi connectivity index (χ1v) is 9.52. The number of methoxy groups -OCH3 is 1. The number of hydrogen-bond donors (Lipinski definition) is 1. The number of hydrogen-bond acceptors (Lipinski definition) is 6. The molecule has 0 aliphatic carbocycles. The van der Waals surface area contributed by atoms with Crippen molar-refractivity contribution in [3.63, 3.8) is 0 Å². The molecular weight excluding hydrogens is 382 g/mol. The van der Waals surface area contributed by atoms with Gasteiger partial charge < -0.3 is 15.0 Å². The second-order valence-electron chi connectivity index (χ2n) is 7.00. The van der Waals surface area contributed by atoms with E-state index in [1.807, 2.05) is 53.7 Å². The van der Waals surface area contributed by atoms with E-state index in [2.05, 4.69) is 20.4 Å². The molecule has 9 heteroatoms. The number of carbonyl (C=O) groups is 1. The van der Waals surface area contributed by atoms with E-state index >= 15 is 0 Å². The Balaban J connectivity index is 1.74. The molecule has 0 aliphatic rings. The molecule has 0 aliphatic heterocycles. The summed E-state index contributed by atoms with van der Waals surface area (Å²) in [4.78, 5) is 23.6. The minimum Gasteiger partial charge on any atom is -0.497 e. The van der Waals surface area contributed by atoms with Crippen LogP contribution < -0.4 is 10.1 Å². The Kier molecular flexibility index (Phi) is 5.44. The van der Waals surface area contributed by atoms with E-state index < -0.39 is 0 Å². The third-order valence-corrected chi connectivity index (χ3v) is 4.70. The molecule has 1 N–H and O–H groups in total. The fourth-order valence-corrected chi connectivity index (χ4v) is 3.16. The molecule has 0 bridgehead atoms. The van der Waals surface area contributed by atoms with Crippen LogP contribution in [0.15, 0.2) is 55.1 Å². The van der Waals surface area contributed by atoms with Crippen LogP contribution in [0.25, 0.3) is 22.7 Å². The van der Waals surface area contributed by atoms with Crippen molar-refractivity contribution in [3.05, 3.63) is 60.8 Å². The lowest BCUT2D eigenvalue weighted by Gasteiger charge is -2.09. The van der Waals surface area contributed by atoms with E-state index in [1.54, 1.807) is 36.6 Å². The molecule has 0 atom stereocenters. The van der Waals surface area contributed by atoms with Crippen LogP contribution in [-0.4, -0.2) is 69.3 Å². The van der Waals surface area contributed by atoms with Gasteiger partial charge in [-0.3, -0.25) is 14.2 Å². The van der Waals surface area contributed by atoms with Gasteiger partial charge in [0, 0.05) is 25.5 Å². The van der Waals surface area contributed by atoms with E-state index in [4.69, 9.17) is 4.74 Å². The van der Waals surface area contributed by atoms with Crippen molar-refractivity contribution in [2.45, 2.75) is 0 Å². The average molecular weight is 405 g/mol. The first-order chi connectivity index (χ1) is 14.6. The molecule has 1 aromatic carbocycles. The lowest BCUT2D eigenvalue weighted by atomic mass is 10.3. The number of fused-ring (bicyclic) bond motifs is 1. The molecule has 0 saturated heterocycles. The normalized spacial score (nSPS) is 11.2. The van der Waals surface area contributed by atoms with Crippen molar-refractivity contribution in [2.24, 2.45) is 0 Å². The van der Waals surface area contributed by atoms with Crippen LogP contribution >= 0.6 is 0 Å². The highest BCUT2D eigenvalue weighted by Crippen LogP contribution is 2.25. The molecule has 3 heterocycles. The van der Waals surface area contributed by atoms with Gasteiger partial charge in [-0.1, -0.05) is 0 Å². The minimum atomic E-state index is -0.232. The fraction of sp³-hybridized carbons (Fsp3) is 0.238. The first-order valence-electron chi connectivity index (χ1n) is 9.52. The molecule has 4 aromatic rings. The van der Waals surface area contributed by atoms with E-state index in [-0.39, 0.29) is 5.91 Å².